The maximum atomic E-state index is 14.9. The quantitative estimate of drug-likeness (QED) is 0.480. The van der Waals surface area contributed by atoms with Crippen LogP contribution in [0.4, 0.5) is 4.39 Å². The molecule has 2 aliphatic rings. The number of aliphatic hydroxyl groups excluding tert-OH is 1. The topological polar surface area (TPSA) is 114 Å². The lowest BCUT2D eigenvalue weighted by atomic mass is 9.95. The van der Waals surface area contributed by atoms with Gasteiger partial charge in [0.25, 0.3) is 5.91 Å². The van der Waals surface area contributed by atoms with Crippen LogP contribution in [0.2, 0.25) is 0 Å². The Bertz CT molecular complexity index is 1230. The van der Waals surface area contributed by atoms with Crippen LogP contribution >= 0.6 is 0 Å². The zero-order valence-corrected chi connectivity index (χ0v) is 21.8. The summed E-state index contributed by atoms with van der Waals surface area (Å²) in [4.78, 5) is 38.9. The molecule has 2 aliphatic heterocycles. The number of carbonyl (C=O) groups excluding carboxylic acids is 3. The van der Waals surface area contributed by atoms with Gasteiger partial charge in [-0.05, 0) is 35.7 Å². The van der Waals surface area contributed by atoms with Crippen molar-refractivity contribution in [3.05, 3.63) is 57.9 Å². The molecule has 0 bridgehead atoms. The minimum absolute atomic E-state index is 0.0120. The molecule has 1 fully saturated rings. The van der Waals surface area contributed by atoms with E-state index in [1.807, 2.05) is 0 Å². The Kier molecular flexibility index (Phi) is 8.63. The number of halogens is 1. The first-order valence-electron chi connectivity index (χ1n) is 12.6. The van der Waals surface area contributed by atoms with Gasteiger partial charge in [-0.2, -0.15) is 0 Å². The van der Waals surface area contributed by atoms with Gasteiger partial charge in [-0.3, -0.25) is 14.4 Å². The maximum absolute atomic E-state index is 14.9. The maximum Gasteiger partial charge on any atom is 0.255 e. The second-order valence-corrected chi connectivity index (χ2v) is 9.74. The fourth-order valence-corrected chi connectivity index (χ4v) is 4.79. The predicted octanol–water partition coefficient (Wildman–Crippen LogP) is 2.29. The average Bonchev–Trinajstić information content (AvgIpc) is 3.38. The van der Waals surface area contributed by atoms with Gasteiger partial charge in [0.2, 0.25) is 5.91 Å². The van der Waals surface area contributed by atoms with E-state index >= 15 is 0 Å². The van der Waals surface area contributed by atoms with E-state index in [9.17, 15) is 23.9 Å². The van der Waals surface area contributed by atoms with Crippen LogP contribution in [0.3, 0.4) is 0 Å². The monoisotopic (exact) mass is 528 g/mol. The Morgan fingerprint density at radius 2 is 1.95 bits per heavy atom. The van der Waals surface area contributed by atoms with Crippen LogP contribution in [0, 0.1) is 5.82 Å². The Labute approximate surface area is 220 Å². The molecule has 0 saturated carbocycles. The number of benzene rings is 2. The van der Waals surface area contributed by atoms with E-state index in [0.717, 1.165) is 5.56 Å². The lowest BCUT2D eigenvalue weighted by Crippen LogP contribution is -2.48. The van der Waals surface area contributed by atoms with Gasteiger partial charge in [0.1, 0.15) is 17.3 Å². The number of ether oxygens (including phenoxy) is 3. The molecule has 0 unspecified atom stereocenters. The Morgan fingerprint density at radius 3 is 2.63 bits per heavy atom. The number of fused-ring (bicyclic) bond motifs is 1. The lowest BCUT2D eigenvalue weighted by molar-refractivity contribution is -0.128. The van der Waals surface area contributed by atoms with E-state index in [0.29, 0.717) is 54.2 Å². The van der Waals surface area contributed by atoms with Gasteiger partial charge in [-0.15, -0.1) is 0 Å². The smallest absolute Gasteiger partial charge is 0.255 e. The molecule has 38 heavy (non-hydrogen) atoms. The van der Waals surface area contributed by atoms with Crippen molar-refractivity contribution in [3.8, 4) is 11.5 Å². The van der Waals surface area contributed by atoms with Gasteiger partial charge in [0.15, 0.2) is 5.78 Å². The van der Waals surface area contributed by atoms with Crippen LogP contribution in [0.5, 0.6) is 11.5 Å². The normalized spacial score (nSPS) is 18.3. The minimum Gasteiger partial charge on any atom is -0.495 e. The molecular formula is C28H33FN2O7. The highest BCUT2D eigenvalue weighted by Crippen LogP contribution is 2.40. The molecule has 10 heteroatoms. The highest BCUT2D eigenvalue weighted by Gasteiger charge is 2.30. The number of amides is 2. The van der Waals surface area contributed by atoms with Crippen molar-refractivity contribution < 1.29 is 38.1 Å². The number of Topliss-reactive ketones (excluding diaryl/α,β-unsaturated/α-hetero) is 1. The fourth-order valence-electron chi connectivity index (χ4n) is 4.79. The molecule has 2 aromatic rings. The zero-order valence-electron chi connectivity index (χ0n) is 21.8. The summed E-state index contributed by atoms with van der Waals surface area (Å²) in [5, 5.41) is 13.1. The molecule has 9 nitrogen and oxygen atoms in total. The van der Waals surface area contributed by atoms with Crippen LogP contribution in [0.15, 0.2) is 24.3 Å². The van der Waals surface area contributed by atoms with Gasteiger partial charge in [-0.1, -0.05) is 6.07 Å². The number of aliphatic hydroxyl groups is 1. The number of nitrogens with zero attached hydrogens (tertiary/aromatic N) is 1. The summed E-state index contributed by atoms with van der Waals surface area (Å²) >= 11 is 0. The molecule has 204 valence electrons. The molecule has 0 aliphatic carbocycles. The van der Waals surface area contributed by atoms with E-state index in [2.05, 4.69) is 5.32 Å². The fraction of sp³-hybridized carbons (Fsp3) is 0.464. The molecule has 2 atom stereocenters. The van der Waals surface area contributed by atoms with Gasteiger partial charge in [0, 0.05) is 51.9 Å². The van der Waals surface area contributed by atoms with Gasteiger partial charge < -0.3 is 29.5 Å². The van der Waals surface area contributed by atoms with E-state index in [4.69, 9.17) is 14.2 Å². The van der Waals surface area contributed by atoms with Crippen molar-refractivity contribution in [2.24, 2.45) is 0 Å². The molecule has 2 heterocycles. The number of carbonyl (C=O) groups is 3. The van der Waals surface area contributed by atoms with Crippen molar-refractivity contribution in [2.75, 3.05) is 41.0 Å². The number of methoxy groups -OCH3 is 1. The lowest BCUT2D eigenvalue weighted by Gasteiger charge is -2.28. The third-order valence-corrected chi connectivity index (χ3v) is 6.89. The van der Waals surface area contributed by atoms with Gasteiger partial charge in [-0.25, -0.2) is 4.39 Å². The molecule has 2 N–H and O–H groups in total. The summed E-state index contributed by atoms with van der Waals surface area (Å²) < 4.78 is 31.6. The number of rotatable bonds is 9. The Morgan fingerprint density at radius 1 is 1.16 bits per heavy atom. The minimum atomic E-state index is -0.805. The number of nitrogens with one attached hydrogen (secondary N) is 1. The van der Waals surface area contributed by atoms with E-state index in [-0.39, 0.29) is 43.2 Å². The standard InChI is InChI=1S/C28H33FN2O7/c1-31(2)25(34)7-6-23(32)18-5-4-16(13-21(18)29)12-17-14-20(27(36-3)19-8-11-38-26(17)19)28(35)30-22-9-10-37-15-24(22)33/h4-5,13-14,22,24,33H,6-12,15H2,1-3H3,(H,30,35)/t22-,24-/m0/s1. The highest BCUT2D eigenvalue weighted by molar-refractivity contribution is 5.99. The van der Waals surface area contributed by atoms with Crippen molar-refractivity contribution in [3.63, 3.8) is 0 Å². The Balaban J connectivity index is 1.57. The van der Waals surface area contributed by atoms with Crippen molar-refractivity contribution in [1.29, 1.82) is 0 Å². The Hall–Kier alpha value is -3.50. The molecule has 2 amide bonds. The second-order valence-electron chi connectivity index (χ2n) is 9.74. The number of hydrogen-bond acceptors (Lipinski definition) is 7. The van der Waals surface area contributed by atoms with Gasteiger partial charge >= 0.3 is 0 Å². The number of hydrogen-bond donors (Lipinski definition) is 2. The summed E-state index contributed by atoms with van der Waals surface area (Å²) in [5.41, 5.74) is 2.29. The van der Waals surface area contributed by atoms with Crippen molar-refractivity contribution in [2.45, 2.75) is 44.2 Å². The zero-order chi connectivity index (χ0) is 27.4. The molecule has 2 aromatic carbocycles. The molecule has 0 radical (unpaired) electrons. The van der Waals surface area contributed by atoms with Crippen LogP contribution in [0.25, 0.3) is 0 Å². The summed E-state index contributed by atoms with van der Waals surface area (Å²) in [6, 6.07) is 5.62. The van der Waals surface area contributed by atoms with Crippen LogP contribution in [-0.2, 0) is 22.4 Å². The molecule has 4 rings (SSSR count). The molecular weight excluding hydrogens is 495 g/mol. The first kappa shape index (κ1) is 27.5. The van der Waals surface area contributed by atoms with Crippen LogP contribution in [-0.4, -0.2) is 80.8 Å². The largest absolute Gasteiger partial charge is 0.495 e. The predicted molar refractivity (Wildman–Crippen MR) is 136 cm³/mol. The third-order valence-electron chi connectivity index (χ3n) is 6.89. The molecule has 1 saturated heterocycles. The van der Waals surface area contributed by atoms with Crippen LogP contribution < -0.4 is 14.8 Å². The van der Waals surface area contributed by atoms with Gasteiger partial charge in [0.05, 0.1) is 43.6 Å². The summed E-state index contributed by atoms with van der Waals surface area (Å²) in [5.74, 6) is -0.667. The first-order valence-corrected chi connectivity index (χ1v) is 12.6. The number of ketones is 1. The van der Waals surface area contributed by atoms with E-state index in [1.165, 1.54) is 24.1 Å². The van der Waals surface area contributed by atoms with Crippen LogP contribution in [0.1, 0.15) is 56.7 Å². The van der Waals surface area contributed by atoms with Crippen molar-refractivity contribution in [1.82, 2.24) is 10.2 Å². The average molecular weight is 529 g/mol. The van der Waals surface area contributed by atoms with E-state index in [1.54, 1.807) is 26.2 Å². The SMILES string of the molecule is COc1c(C(=O)N[C@H]2CCOC[C@@H]2O)cc(Cc2ccc(C(=O)CCC(=O)N(C)C)c(F)c2)c2c1CCO2. The summed E-state index contributed by atoms with van der Waals surface area (Å²) in [6.07, 6.45) is 0.438. The second kappa shape index (κ2) is 11.9. The first-order chi connectivity index (χ1) is 18.2. The molecule has 0 aromatic heterocycles. The van der Waals surface area contributed by atoms with Crippen molar-refractivity contribution >= 4 is 17.6 Å². The molecule has 0 spiro atoms. The highest BCUT2D eigenvalue weighted by atomic mass is 19.1. The summed E-state index contributed by atoms with van der Waals surface area (Å²) in [7, 11) is 4.70. The van der Waals surface area contributed by atoms with E-state index < -0.39 is 23.7 Å². The summed E-state index contributed by atoms with van der Waals surface area (Å²) in [6.45, 7) is 1.02. The third kappa shape index (κ3) is 5.97.